The molecule has 3 rings (SSSR count). The van der Waals surface area contributed by atoms with Crippen LogP contribution in [0.5, 0.6) is 0 Å². The molecule has 0 aromatic heterocycles. The largest absolute Gasteiger partial charge is 0.391 e. The first-order chi connectivity index (χ1) is 16.0. The van der Waals surface area contributed by atoms with Crippen LogP contribution >= 0.6 is 0 Å². The van der Waals surface area contributed by atoms with E-state index in [0.29, 0.717) is 0 Å². The molecule has 3 saturated heterocycles. The topological polar surface area (TPSA) is 254 Å². The zero-order chi connectivity index (χ0) is 25.4. The lowest BCUT2D eigenvalue weighted by atomic mass is 9.98. The maximum atomic E-state index is 10.4. The Hall–Kier alpha value is -0.600. The van der Waals surface area contributed by atoms with E-state index in [1.807, 2.05) is 0 Å². The summed E-state index contributed by atoms with van der Waals surface area (Å²) in [7, 11) is 0. The van der Waals surface area contributed by atoms with Crippen LogP contribution in [0.2, 0.25) is 0 Å². The second-order valence-electron chi connectivity index (χ2n) is 8.69. The molecule has 5 unspecified atom stereocenters. The maximum absolute atomic E-state index is 10.4. The average Bonchev–Trinajstić information content (AvgIpc) is 3.08. The van der Waals surface area contributed by atoms with Crippen molar-refractivity contribution in [2.75, 3.05) is 19.8 Å². The van der Waals surface area contributed by atoms with Crippen LogP contribution in [0.3, 0.4) is 0 Å². The molecule has 0 aliphatic carbocycles. The number of ether oxygens (including phenoxy) is 5. The van der Waals surface area contributed by atoms with Crippen LogP contribution in [-0.2, 0) is 23.7 Å². The Bertz CT molecular complexity index is 658. The van der Waals surface area contributed by atoms with Gasteiger partial charge in [0.05, 0.1) is 12.7 Å². The van der Waals surface area contributed by atoms with Crippen molar-refractivity contribution in [1.29, 1.82) is 0 Å². The fourth-order valence-electron chi connectivity index (χ4n) is 4.24. The van der Waals surface area contributed by atoms with Crippen molar-refractivity contribution in [2.24, 2.45) is 5.73 Å². The first kappa shape index (κ1) is 28.0. The van der Waals surface area contributed by atoms with Crippen LogP contribution in [0.25, 0.3) is 0 Å². The predicted octanol–water partition coefficient (Wildman–Crippen LogP) is -6.19. The van der Waals surface area contributed by atoms with Gasteiger partial charge in [-0.15, -0.1) is 0 Å². The Morgan fingerprint density at radius 1 is 0.735 bits per heavy atom. The lowest BCUT2D eigenvalue weighted by molar-refractivity contribution is -0.387. The van der Waals surface area contributed by atoms with E-state index in [1.54, 1.807) is 6.92 Å². The summed E-state index contributed by atoms with van der Waals surface area (Å²) in [4.78, 5) is 0. The minimum absolute atomic E-state index is 0.190. The van der Waals surface area contributed by atoms with E-state index >= 15 is 0 Å². The zero-order valence-corrected chi connectivity index (χ0v) is 18.5. The second-order valence-corrected chi connectivity index (χ2v) is 8.69. The molecule has 0 aromatic rings. The number of nitrogens with two attached hydrogens (primary N) is 1. The highest BCUT2D eigenvalue weighted by Crippen LogP contribution is 2.37. The Kier molecular flexibility index (Phi) is 9.22. The van der Waals surface area contributed by atoms with Crippen LogP contribution in [0.15, 0.2) is 0 Å². The van der Waals surface area contributed by atoms with Gasteiger partial charge in [0, 0.05) is 6.54 Å². The van der Waals surface area contributed by atoms with Crippen molar-refractivity contribution in [3.8, 4) is 0 Å². The molecule has 0 bridgehead atoms. The standard InChI is InChI=1S/C19H35NO14/c1-2-6-11(24)16(29)19(5-21,33-6)34-18-15(28)13(26)10(23)8(32-18)4-30-17-14(27)12(25)9(22)7(3-20)31-17/h6-18,21-29H,2-5,20H2,1H3/t6-,7?,8?,9-,10-,11?,12+,13+,14?,15?,16-,17+,18+,19+/m1/s1. The average molecular weight is 501 g/mol. The van der Waals surface area contributed by atoms with Crippen molar-refractivity contribution in [3.63, 3.8) is 0 Å². The van der Waals surface area contributed by atoms with Gasteiger partial charge >= 0.3 is 0 Å². The molecule has 14 atom stereocenters. The molecule has 0 aromatic carbocycles. The van der Waals surface area contributed by atoms with Crippen LogP contribution in [0.4, 0.5) is 0 Å². The molecule has 15 heteroatoms. The smallest absolute Gasteiger partial charge is 0.223 e. The first-order valence-corrected chi connectivity index (χ1v) is 11.0. The molecule has 11 N–H and O–H groups in total. The van der Waals surface area contributed by atoms with Gasteiger partial charge in [0.25, 0.3) is 0 Å². The highest BCUT2D eigenvalue weighted by atomic mass is 16.8. The normalized spacial score (nSPS) is 52.1. The number of hydrogen-bond acceptors (Lipinski definition) is 15. The van der Waals surface area contributed by atoms with Gasteiger partial charge < -0.3 is 75.4 Å². The molecule has 0 spiro atoms. The molecule has 3 heterocycles. The highest BCUT2D eigenvalue weighted by Gasteiger charge is 2.58. The third kappa shape index (κ3) is 5.10. The summed E-state index contributed by atoms with van der Waals surface area (Å²) in [5.41, 5.74) is 5.47. The van der Waals surface area contributed by atoms with Crippen molar-refractivity contribution in [3.05, 3.63) is 0 Å². The van der Waals surface area contributed by atoms with E-state index < -0.39 is 98.7 Å². The summed E-state index contributed by atoms with van der Waals surface area (Å²) in [5, 5.41) is 91.2. The molecule has 0 radical (unpaired) electrons. The van der Waals surface area contributed by atoms with Gasteiger partial charge in [0.2, 0.25) is 5.79 Å². The lowest BCUT2D eigenvalue weighted by Crippen LogP contribution is -2.63. The summed E-state index contributed by atoms with van der Waals surface area (Å²) < 4.78 is 27.2. The van der Waals surface area contributed by atoms with Gasteiger partial charge in [0.15, 0.2) is 12.6 Å². The summed E-state index contributed by atoms with van der Waals surface area (Å²) in [6.45, 7) is -0.00985. The molecule has 34 heavy (non-hydrogen) atoms. The van der Waals surface area contributed by atoms with E-state index in [9.17, 15) is 46.0 Å². The third-order valence-corrected chi connectivity index (χ3v) is 6.44. The number of hydrogen-bond donors (Lipinski definition) is 10. The Labute approximate surface area is 194 Å². The summed E-state index contributed by atoms with van der Waals surface area (Å²) in [6.07, 6.45) is -19.5. The summed E-state index contributed by atoms with van der Waals surface area (Å²) >= 11 is 0. The second kappa shape index (κ2) is 11.2. The van der Waals surface area contributed by atoms with E-state index in [1.165, 1.54) is 0 Å². The van der Waals surface area contributed by atoms with Crippen molar-refractivity contribution < 1.29 is 69.6 Å². The fraction of sp³-hybridized carbons (Fsp3) is 1.00. The van der Waals surface area contributed by atoms with Crippen LogP contribution in [0, 0.1) is 0 Å². The quantitative estimate of drug-likeness (QED) is 0.148. The number of aliphatic hydroxyl groups excluding tert-OH is 9. The molecule has 3 aliphatic heterocycles. The first-order valence-electron chi connectivity index (χ1n) is 11.0. The van der Waals surface area contributed by atoms with Crippen LogP contribution in [0.1, 0.15) is 13.3 Å². The van der Waals surface area contributed by atoms with E-state index in [4.69, 9.17) is 29.4 Å². The summed E-state index contributed by atoms with van der Waals surface area (Å²) in [5.74, 6) is -2.18. The molecular weight excluding hydrogens is 466 g/mol. The summed E-state index contributed by atoms with van der Waals surface area (Å²) in [6, 6.07) is 0. The van der Waals surface area contributed by atoms with Crippen LogP contribution < -0.4 is 5.73 Å². The van der Waals surface area contributed by atoms with Crippen molar-refractivity contribution in [1.82, 2.24) is 0 Å². The Balaban J connectivity index is 1.69. The van der Waals surface area contributed by atoms with Crippen molar-refractivity contribution >= 4 is 0 Å². The molecule has 0 amide bonds. The van der Waals surface area contributed by atoms with E-state index in [-0.39, 0.29) is 13.0 Å². The van der Waals surface area contributed by atoms with Gasteiger partial charge in [-0.05, 0) is 6.42 Å². The van der Waals surface area contributed by atoms with Crippen molar-refractivity contribution in [2.45, 2.75) is 98.9 Å². The molecule has 0 saturated carbocycles. The van der Waals surface area contributed by atoms with Crippen LogP contribution in [-0.4, -0.2) is 151 Å². The predicted molar refractivity (Wildman–Crippen MR) is 106 cm³/mol. The van der Waals surface area contributed by atoms with Gasteiger partial charge in [0.1, 0.15) is 67.6 Å². The van der Waals surface area contributed by atoms with E-state index in [2.05, 4.69) is 0 Å². The van der Waals surface area contributed by atoms with Gasteiger partial charge in [-0.2, -0.15) is 0 Å². The Morgan fingerprint density at radius 2 is 1.29 bits per heavy atom. The minimum atomic E-state index is -2.18. The zero-order valence-electron chi connectivity index (χ0n) is 18.5. The van der Waals surface area contributed by atoms with Gasteiger partial charge in [-0.1, -0.05) is 6.92 Å². The minimum Gasteiger partial charge on any atom is -0.391 e. The molecule has 15 nitrogen and oxygen atoms in total. The maximum Gasteiger partial charge on any atom is 0.223 e. The lowest BCUT2D eigenvalue weighted by Gasteiger charge is -2.44. The molecule has 200 valence electrons. The SMILES string of the molecule is CC[C@H]1O[C@@](CO)(O[C@@H]2OC(CO[C@H]3OC(CN)[C@@H](O)[C@H](O)C3O)[C@@H](O)[C@H](O)C2O)[C@H](O)C1O. The molecule has 3 fully saturated rings. The number of rotatable bonds is 8. The fourth-order valence-corrected chi connectivity index (χ4v) is 4.24. The third-order valence-electron chi connectivity index (χ3n) is 6.44. The highest BCUT2D eigenvalue weighted by molar-refractivity contribution is 4.98. The van der Waals surface area contributed by atoms with Gasteiger partial charge in [-0.3, -0.25) is 0 Å². The van der Waals surface area contributed by atoms with E-state index in [0.717, 1.165) is 0 Å². The Morgan fingerprint density at radius 3 is 1.82 bits per heavy atom. The molecule has 3 aliphatic rings. The monoisotopic (exact) mass is 501 g/mol. The molecular formula is C19H35NO14. The van der Waals surface area contributed by atoms with Gasteiger partial charge in [-0.25, -0.2) is 0 Å². The number of aliphatic hydroxyl groups is 9.